The predicted molar refractivity (Wildman–Crippen MR) is 90.1 cm³/mol. The average molecular weight is 329 g/mol. The SMILES string of the molecule is O=C(C1Cc2ccccc2O1)N1CCCN(c2nccs2)CC1. The zero-order chi connectivity index (χ0) is 15.6. The summed E-state index contributed by atoms with van der Waals surface area (Å²) in [6.45, 7) is 3.30. The fourth-order valence-corrected chi connectivity index (χ4v) is 3.92. The van der Waals surface area contributed by atoms with E-state index in [0.717, 1.165) is 49.0 Å². The molecule has 1 unspecified atom stereocenters. The molecule has 1 amide bonds. The summed E-state index contributed by atoms with van der Waals surface area (Å²) in [6.07, 6.45) is 3.11. The highest BCUT2D eigenvalue weighted by Crippen LogP contribution is 2.29. The number of carbonyl (C=O) groups is 1. The zero-order valence-electron chi connectivity index (χ0n) is 12.9. The second-order valence-corrected chi connectivity index (χ2v) is 6.77. The third kappa shape index (κ3) is 2.91. The molecule has 0 N–H and O–H groups in total. The van der Waals surface area contributed by atoms with Crippen LogP contribution in [0, 0.1) is 0 Å². The molecule has 2 aliphatic rings. The Morgan fingerprint density at radius 3 is 2.96 bits per heavy atom. The molecule has 4 rings (SSSR count). The fraction of sp³-hybridized carbons (Fsp3) is 0.412. The van der Waals surface area contributed by atoms with Crippen molar-refractivity contribution in [2.24, 2.45) is 0 Å². The molecule has 6 heteroatoms. The maximum Gasteiger partial charge on any atom is 0.264 e. The van der Waals surface area contributed by atoms with Crippen LogP contribution in [0.5, 0.6) is 5.75 Å². The summed E-state index contributed by atoms with van der Waals surface area (Å²) < 4.78 is 5.85. The van der Waals surface area contributed by atoms with Crippen molar-refractivity contribution in [1.82, 2.24) is 9.88 Å². The zero-order valence-corrected chi connectivity index (χ0v) is 13.7. The van der Waals surface area contributed by atoms with Gasteiger partial charge in [0.05, 0.1) is 0 Å². The Morgan fingerprint density at radius 1 is 1.22 bits per heavy atom. The minimum Gasteiger partial charge on any atom is -0.480 e. The maximum atomic E-state index is 12.8. The van der Waals surface area contributed by atoms with Gasteiger partial charge in [-0.15, -0.1) is 11.3 Å². The molecule has 1 atom stereocenters. The van der Waals surface area contributed by atoms with E-state index in [1.165, 1.54) is 0 Å². The summed E-state index contributed by atoms with van der Waals surface area (Å²) >= 11 is 1.65. The molecule has 120 valence electrons. The molecule has 0 bridgehead atoms. The van der Waals surface area contributed by atoms with E-state index in [1.807, 2.05) is 40.7 Å². The molecule has 0 aliphatic carbocycles. The van der Waals surface area contributed by atoms with Crippen LogP contribution in [0.4, 0.5) is 5.13 Å². The van der Waals surface area contributed by atoms with E-state index >= 15 is 0 Å². The van der Waals surface area contributed by atoms with Crippen molar-refractivity contribution in [2.75, 3.05) is 31.1 Å². The van der Waals surface area contributed by atoms with Crippen LogP contribution in [0.1, 0.15) is 12.0 Å². The van der Waals surface area contributed by atoms with Crippen molar-refractivity contribution in [2.45, 2.75) is 18.9 Å². The van der Waals surface area contributed by atoms with Crippen molar-refractivity contribution >= 4 is 22.4 Å². The van der Waals surface area contributed by atoms with Crippen LogP contribution in [-0.4, -0.2) is 48.1 Å². The van der Waals surface area contributed by atoms with Crippen LogP contribution in [0.2, 0.25) is 0 Å². The van der Waals surface area contributed by atoms with Crippen LogP contribution in [0.15, 0.2) is 35.8 Å². The normalized spacial score (nSPS) is 20.8. The first-order chi connectivity index (χ1) is 11.3. The molecule has 1 saturated heterocycles. The van der Waals surface area contributed by atoms with Crippen LogP contribution >= 0.6 is 11.3 Å². The summed E-state index contributed by atoms with van der Waals surface area (Å²) in [7, 11) is 0. The number of amides is 1. The van der Waals surface area contributed by atoms with E-state index in [-0.39, 0.29) is 12.0 Å². The monoisotopic (exact) mass is 329 g/mol. The molecule has 0 spiro atoms. The summed E-state index contributed by atoms with van der Waals surface area (Å²) in [4.78, 5) is 21.4. The van der Waals surface area contributed by atoms with Gasteiger partial charge in [0.15, 0.2) is 11.2 Å². The van der Waals surface area contributed by atoms with E-state index < -0.39 is 0 Å². The van der Waals surface area contributed by atoms with Gasteiger partial charge in [0, 0.05) is 44.2 Å². The first-order valence-electron chi connectivity index (χ1n) is 7.99. The number of nitrogens with zero attached hydrogens (tertiary/aromatic N) is 3. The van der Waals surface area contributed by atoms with E-state index in [9.17, 15) is 4.79 Å². The van der Waals surface area contributed by atoms with Gasteiger partial charge in [-0.25, -0.2) is 4.98 Å². The van der Waals surface area contributed by atoms with Gasteiger partial charge in [-0.1, -0.05) is 18.2 Å². The largest absolute Gasteiger partial charge is 0.480 e. The van der Waals surface area contributed by atoms with E-state index in [2.05, 4.69) is 9.88 Å². The van der Waals surface area contributed by atoms with Crippen molar-refractivity contribution in [3.63, 3.8) is 0 Å². The lowest BCUT2D eigenvalue weighted by atomic mass is 10.1. The molecule has 0 saturated carbocycles. The van der Waals surface area contributed by atoms with E-state index in [0.29, 0.717) is 6.42 Å². The Balaban J connectivity index is 1.40. The molecule has 1 aromatic carbocycles. The van der Waals surface area contributed by atoms with Crippen LogP contribution < -0.4 is 9.64 Å². The van der Waals surface area contributed by atoms with Crippen molar-refractivity contribution < 1.29 is 9.53 Å². The molecule has 0 radical (unpaired) electrons. The molecule has 1 aromatic heterocycles. The standard InChI is InChI=1S/C17H19N3O2S/c21-16(15-12-13-4-1-2-5-14(13)22-15)19-7-3-8-20(10-9-19)17-18-6-11-23-17/h1-2,4-6,11,15H,3,7-10,12H2. The third-order valence-corrected chi connectivity index (χ3v) is 5.25. The quantitative estimate of drug-likeness (QED) is 0.847. The molecule has 3 heterocycles. The number of hydrogen-bond donors (Lipinski definition) is 0. The smallest absolute Gasteiger partial charge is 0.264 e. The average Bonchev–Trinajstić information content (AvgIpc) is 3.19. The number of rotatable bonds is 2. The number of ether oxygens (including phenoxy) is 1. The lowest BCUT2D eigenvalue weighted by molar-refractivity contribution is -0.137. The Morgan fingerprint density at radius 2 is 2.13 bits per heavy atom. The second kappa shape index (κ2) is 6.20. The van der Waals surface area contributed by atoms with Gasteiger partial charge >= 0.3 is 0 Å². The third-order valence-electron chi connectivity index (χ3n) is 4.42. The predicted octanol–water partition coefficient (Wildman–Crippen LogP) is 2.19. The maximum absolute atomic E-state index is 12.8. The van der Waals surface area contributed by atoms with Gasteiger partial charge in [-0.2, -0.15) is 0 Å². The van der Waals surface area contributed by atoms with Gasteiger partial charge < -0.3 is 14.5 Å². The van der Waals surface area contributed by atoms with Crippen LogP contribution in [-0.2, 0) is 11.2 Å². The molecule has 2 aromatic rings. The lowest BCUT2D eigenvalue weighted by Crippen LogP contribution is -2.43. The van der Waals surface area contributed by atoms with E-state index in [1.54, 1.807) is 11.3 Å². The Kier molecular flexibility index (Phi) is 3.91. The highest BCUT2D eigenvalue weighted by atomic mass is 32.1. The Hall–Kier alpha value is -2.08. The molecule has 1 fully saturated rings. The molecule has 23 heavy (non-hydrogen) atoms. The lowest BCUT2D eigenvalue weighted by Gasteiger charge is -2.24. The van der Waals surface area contributed by atoms with E-state index in [4.69, 9.17) is 4.74 Å². The summed E-state index contributed by atoms with van der Waals surface area (Å²) in [5.41, 5.74) is 1.13. The van der Waals surface area contributed by atoms with Gasteiger partial charge in [0.1, 0.15) is 5.75 Å². The van der Waals surface area contributed by atoms with Gasteiger partial charge in [-0.3, -0.25) is 4.79 Å². The second-order valence-electron chi connectivity index (χ2n) is 5.90. The van der Waals surface area contributed by atoms with Crippen molar-refractivity contribution in [3.05, 3.63) is 41.4 Å². The number of hydrogen-bond acceptors (Lipinski definition) is 5. The van der Waals surface area contributed by atoms with Gasteiger partial charge in [-0.05, 0) is 18.1 Å². The summed E-state index contributed by atoms with van der Waals surface area (Å²) in [5.74, 6) is 0.965. The summed E-state index contributed by atoms with van der Waals surface area (Å²) in [5, 5.41) is 3.04. The Bertz CT molecular complexity index is 664. The van der Waals surface area contributed by atoms with Crippen LogP contribution in [0.3, 0.4) is 0 Å². The number of anilines is 1. The first kappa shape index (κ1) is 14.5. The first-order valence-corrected chi connectivity index (χ1v) is 8.87. The number of para-hydroxylation sites is 1. The van der Waals surface area contributed by atoms with Crippen molar-refractivity contribution in [1.29, 1.82) is 0 Å². The summed E-state index contributed by atoms with van der Waals surface area (Å²) in [6, 6.07) is 7.92. The number of fused-ring (bicyclic) bond motifs is 1. The number of thiazole rings is 1. The fourth-order valence-electron chi connectivity index (χ4n) is 3.22. The van der Waals surface area contributed by atoms with Crippen molar-refractivity contribution in [3.8, 4) is 5.75 Å². The Labute approximate surface area is 139 Å². The highest BCUT2D eigenvalue weighted by molar-refractivity contribution is 7.13. The number of aromatic nitrogens is 1. The molecular formula is C17H19N3O2S. The number of carbonyl (C=O) groups excluding carboxylic acids is 1. The minimum atomic E-state index is -0.362. The van der Waals surface area contributed by atoms with Gasteiger partial charge in [0.25, 0.3) is 5.91 Å². The number of benzene rings is 1. The molecule has 5 nitrogen and oxygen atoms in total. The topological polar surface area (TPSA) is 45.7 Å². The van der Waals surface area contributed by atoms with Gasteiger partial charge in [0.2, 0.25) is 0 Å². The minimum absolute atomic E-state index is 0.113. The van der Waals surface area contributed by atoms with Crippen LogP contribution in [0.25, 0.3) is 0 Å². The molecule has 2 aliphatic heterocycles. The highest BCUT2D eigenvalue weighted by Gasteiger charge is 2.33. The molecular weight excluding hydrogens is 310 g/mol.